The van der Waals surface area contributed by atoms with E-state index in [-0.39, 0.29) is 18.2 Å². The molecule has 0 aliphatic carbocycles. The molecule has 0 aromatic carbocycles. The van der Waals surface area contributed by atoms with Crippen molar-refractivity contribution >= 4 is 21.6 Å². The Labute approximate surface area is 94.3 Å². The first-order chi connectivity index (χ1) is 7.03. The van der Waals surface area contributed by atoms with Crippen LogP contribution in [0.5, 0.6) is 0 Å². The number of halogens is 1. The van der Waals surface area contributed by atoms with E-state index in [4.69, 9.17) is 11.6 Å². The molecule has 2 N–H and O–H groups in total. The maximum absolute atomic E-state index is 11.5. The average Bonchev–Trinajstić information content (AvgIpc) is 2.66. The molecule has 0 radical (unpaired) electrons. The molecule has 1 aromatic heterocycles. The molecule has 15 heavy (non-hydrogen) atoms. The van der Waals surface area contributed by atoms with Gasteiger partial charge >= 0.3 is 0 Å². The first-order valence-corrected chi connectivity index (χ1v) is 6.73. The number of alkyl halides is 1. The molecular formula is C8H14ClN3O2S. The molecule has 1 unspecified atom stereocenters. The summed E-state index contributed by atoms with van der Waals surface area (Å²) in [6.07, 6.45) is 1.57. The molecule has 0 bridgehead atoms. The minimum Gasteiger partial charge on any atom is -0.281 e. The molecular weight excluding hydrogens is 238 g/mol. The Balaban J connectivity index is 2.43. The Kier molecular flexibility index (Phi) is 4.56. The van der Waals surface area contributed by atoms with Crippen molar-refractivity contribution in [2.45, 2.75) is 13.5 Å². The summed E-state index contributed by atoms with van der Waals surface area (Å²) < 4.78 is 25.5. The molecule has 1 atom stereocenters. The molecule has 0 saturated heterocycles. The van der Waals surface area contributed by atoms with Gasteiger partial charge in [-0.1, -0.05) is 6.92 Å². The maximum atomic E-state index is 11.5. The Hall–Kier alpha value is -0.590. The zero-order valence-electron chi connectivity index (χ0n) is 8.40. The third-order valence-corrected chi connectivity index (χ3v) is 3.93. The predicted molar refractivity (Wildman–Crippen MR) is 59.1 cm³/mol. The lowest BCUT2D eigenvalue weighted by atomic mass is 10.3. The fourth-order valence-corrected chi connectivity index (χ4v) is 2.65. The number of nitrogens with zero attached hydrogens (tertiary/aromatic N) is 1. The molecule has 0 fully saturated rings. The molecule has 0 saturated carbocycles. The summed E-state index contributed by atoms with van der Waals surface area (Å²) >= 11 is 5.55. The van der Waals surface area contributed by atoms with E-state index in [1.165, 1.54) is 0 Å². The van der Waals surface area contributed by atoms with Gasteiger partial charge < -0.3 is 0 Å². The summed E-state index contributed by atoms with van der Waals surface area (Å²) in [5.74, 6) is 0.334. The highest BCUT2D eigenvalue weighted by Gasteiger charge is 2.14. The van der Waals surface area contributed by atoms with Crippen molar-refractivity contribution in [3.05, 3.63) is 18.0 Å². The van der Waals surface area contributed by atoms with Crippen molar-refractivity contribution in [1.82, 2.24) is 14.9 Å². The highest BCUT2D eigenvalue weighted by atomic mass is 35.5. The topological polar surface area (TPSA) is 74.8 Å². The molecule has 0 aliphatic rings. The van der Waals surface area contributed by atoms with Crippen molar-refractivity contribution in [2.24, 2.45) is 5.92 Å². The summed E-state index contributed by atoms with van der Waals surface area (Å²) in [5.41, 5.74) is 0.733. The number of rotatable bonds is 6. The molecule has 7 heteroatoms. The van der Waals surface area contributed by atoms with Crippen molar-refractivity contribution in [3.63, 3.8) is 0 Å². The molecule has 5 nitrogen and oxygen atoms in total. The van der Waals surface area contributed by atoms with E-state index in [0.717, 1.165) is 5.69 Å². The lowest BCUT2D eigenvalue weighted by Gasteiger charge is -2.09. The standard InChI is InChI=1S/C8H14ClN3O2S/c1-7(4-9)6-15(13,14)11-5-8-2-3-10-12-8/h2-3,7,11H,4-6H2,1H3,(H,10,12). The van der Waals surface area contributed by atoms with Crippen LogP contribution in [0.1, 0.15) is 12.6 Å². The van der Waals surface area contributed by atoms with Crippen molar-refractivity contribution < 1.29 is 8.42 Å². The van der Waals surface area contributed by atoms with Gasteiger partial charge in [-0.25, -0.2) is 13.1 Å². The van der Waals surface area contributed by atoms with Crippen LogP contribution in [0.4, 0.5) is 0 Å². The second-order valence-corrected chi connectivity index (χ2v) is 5.60. The van der Waals surface area contributed by atoms with Crippen LogP contribution in [0.3, 0.4) is 0 Å². The summed E-state index contributed by atoms with van der Waals surface area (Å²) in [5, 5.41) is 6.39. The summed E-state index contributed by atoms with van der Waals surface area (Å²) in [6, 6.07) is 1.72. The zero-order chi connectivity index (χ0) is 11.3. The van der Waals surface area contributed by atoms with Crippen LogP contribution < -0.4 is 4.72 Å². The number of H-pyrrole nitrogens is 1. The van der Waals surface area contributed by atoms with E-state index in [2.05, 4.69) is 14.9 Å². The van der Waals surface area contributed by atoms with Gasteiger partial charge in [0.15, 0.2) is 0 Å². The second kappa shape index (κ2) is 5.48. The van der Waals surface area contributed by atoms with Gasteiger partial charge in [-0.2, -0.15) is 5.10 Å². The van der Waals surface area contributed by atoms with E-state index in [1.54, 1.807) is 19.2 Å². The predicted octanol–water partition coefficient (Wildman–Crippen LogP) is 0.704. The Bertz CT molecular complexity index is 377. The van der Waals surface area contributed by atoms with Crippen LogP contribution in [-0.4, -0.2) is 30.2 Å². The summed E-state index contributed by atoms with van der Waals surface area (Å²) in [7, 11) is -3.25. The Morgan fingerprint density at radius 1 is 1.67 bits per heavy atom. The number of aromatic nitrogens is 2. The van der Waals surface area contributed by atoms with Gasteiger partial charge in [-0.15, -0.1) is 11.6 Å². The van der Waals surface area contributed by atoms with Crippen LogP contribution in [0.25, 0.3) is 0 Å². The third kappa shape index (κ3) is 4.63. The minimum atomic E-state index is -3.25. The van der Waals surface area contributed by atoms with E-state index < -0.39 is 10.0 Å². The molecule has 1 heterocycles. The van der Waals surface area contributed by atoms with Crippen LogP contribution >= 0.6 is 11.6 Å². The number of sulfonamides is 1. The van der Waals surface area contributed by atoms with Crippen LogP contribution in [-0.2, 0) is 16.6 Å². The van der Waals surface area contributed by atoms with Crippen LogP contribution in [0.2, 0.25) is 0 Å². The lowest BCUT2D eigenvalue weighted by molar-refractivity contribution is 0.567. The third-order valence-electron chi connectivity index (χ3n) is 1.81. The van der Waals surface area contributed by atoms with E-state index in [0.29, 0.717) is 5.88 Å². The molecule has 1 aromatic rings. The average molecular weight is 252 g/mol. The van der Waals surface area contributed by atoms with Crippen molar-refractivity contribution in [3.8, 4) is 0 Å². The van der Waals surface area contributed by atoms with Gasteiger partial charge in [0.05, 0.1) is 18.0 Å². The molecule has 0 amide bonds. The maximum Gasteiger partial charge on any atom is 0.212 e. The zero-order valence-corrected chi connectivity index (χ0v) is 9.98. The minimum absolute atomic E-state index is 0.0463. The van der Waals surface area contributed by atoms with Gasteiger partial charge in [-0.05, 0) is 12.0 Å². The number of hydrogen-bond acceptors (Lipinski definition) is 3. The van der Waals surface area contributed by atoms with Gasteiger partial charge in [-0.3, -0.25) is 5.10 Å². The summed E-state index contributed by atoms with van der Waals surface area (Å²) in [4.78, 5) is 0. The van der Waals surface area contributed by atoms with E-state index in [1.807, 2.05) is 0 Å². The second-order valence-electron chi connectivity index (χ2n) is 3.44. The first-order valence-electron chi connectivity index (χ1n) is 4.55. The van der Waals surface area contributed by atoms with Crippen molar-refractivity contribution in [2.75, 3.05) is 11.6 Å². The first kappa shape index (κ1) is 12.5. The van der Waals surface area contributed by atoms with Crippen LogP contribution in [0, 0.1) is 5.92 Å². The van der Waals surface area contributed by atoms with Gasteiger partial charge in [0.25, 0.3) is 0 Å². The number of aromatic amines is 1. The van der Waals surface area contributed by atoms with Crippen LogP contribution in [0.15, 0.2) is 12.3 Å². The van der Waals surface area contributed by atoms with E-state index >= 15 is 0 Å². The Morgan fingerprint density at radius 3 is 2.93 bits per heavy atom. The summed E-state index contributed by atoms with van der Waals surface area (Å²) in [6.45, 7) is 2.03. The molecule has 86 valence electrons. The number of hydrogen-bond donors (Lipinski definition) is 2. The molecule has 0 spiro atoms. The van der Waals surface area contributed by atoms with Crippen molar-refractivity contribution in [1.29, 1.82) is 0 Å². The Morgan fingerprint density at radius 2 is 2.40 bits per heavy atom. The fraction of sp³-hybridized carbons (Fsp3) is 0.625. The quantitative estimate of drug-likeness (QED) is 0.731. The molecule has 1 rings (SSSR count). The van der Waals surface area contributed by atoms with Gasteiger partial charge in [0.1, 0.15) is 0 Å². The monoisotopic (exact) mass is 251 g/mol. The van der Waals surface area contributed by atoms with E-state index in [9.17, 15) is 8.42 Å². The SMILES string of the molecule is CC(CCl)CS(=O)(=O)NCc1ccn[nH]1. The normalized spacial score (nSPS) is 14.0. The van der Waals surface area contributed by atoms with Gasteiger partial charge in [0, 0.05) is 12.1 Å². The highest BCUT2D eigenvalue weighted by molar-refractivity contribution is 7.89. The molecule has 0 aliphatic heterocycles. The number of nitrogens with one attached hydrogen (secondary N) is 2. The largest absolute Gasteiger partial charge is 0.281 e. The fourth-order valence-electron chi connectivity index (χ4n) is 1.05. The highest BCUT2D eigenvalue weighted by Crippen LogP contribution is 2.02. The smallest absolute Gasteiger partial charge is 0.212 e. The lowest BCUT2D eigenvalue weighted by Crippen LogP contribution is -2.29. The van der Waals surface area contributed by atoms with Gasteiger partial charge in [0.2, 0.25) is 10.0 Å².